The maximum atomic E-state index is 14.1. The van der Waals surface area contributed by atoms with Gasteiger partial charge in [0.1, 0.15) is 11.6 Å². The highest BCUT2D eigenvalue weighted by Gasteiger charge is 2.24. The highest BCUT2D eigenvalue weighted by Crippen LogP contribution is 2.32. The fourth-order valence-corrected chi connectivity index (χ4v) is 4.84. The van der Waals surface area contributed by atoms with E-state index in [1.54, 1.807) is 54.6 Å². The van der Waals surface area contributed by atoms with E-state index in [0.29, 0.717) is 22.4 Å². The number of phenols is 1. The topological polar surface area (TPSA) is 57.6 Å². The molecule has 0 heterocycles. The second kappa shape index (κ2) is 9.72. The van der Waals surface area contributed by atoms with Gasteiger partial charge in [0.15, 0.2) is 0 Å². The van der Waals surface area contributed by atoms with E-state index >= 15 is 0 Å². The van der Waals surface area contributed by atoms with E-state index in [2.05, 4.69) is 27.9 Å². The first-order chi connectivity index (χ1) is 16.3. The Morgan fingerprint density at radius 1 is 0.882 bits per heavy atom. The zero-order valence-electron chi connectivity index (χ0n) is 18.0. The second-order valence-electron chi connectivity index (χ2n) is 7.50. The van der Waals surface area contributed by atoms with Crippen LogP contribution in [0.3, 0.4) is 0 Å². The molecule has 4 nitrogen and oxygen atoms in total. The van der Waals surface area contributed by atoms with Crippen LogP contribution in [0.4, 0.5) is 10.1 Å². The molecule has 0 fully saturated rings. The molecule has 0 amide bonds. The summed E-state index contributed by atoms with van der Waals surface area (Å²) in [4.78, 5) is 0.0746. The lowest BCUT2D eigenvalue weighted by Gasteiger charge is -2.18. The highest BCUT2D eigenvalue weighted by atomic mass is 79.9. The van der Waals surface area contributed by atoms with Crippen molar-refractivity contribution >= 4 is 31.6 Å². The molecule has 0 aliphatic carbocycles. The normalized spacial score (nSPS) is 10.9. The minimum absolute atomic E-state index is 0.0333. The van der Waals surface area contributed by atoms with Gasteiger partial charge < -0.3 is 5.11 Å². The summed E-state index contributed by atoms with van der Waals surface area (Å²) in [5, 5.41) is 10.3. The molecule has 7 heteroatoms. The van der Waals surface area contributed by atoms with E-state index in [0.717, 1.165) is 14.3 Å². The van der Waals surface area contributed by atoms with Crippen LogP contribution in [0.2, 0.25) is 0 Å². The van der Waals surface area contributed by atoms with Crippen LogP contribution in [0.1, 0.15) is 11.1 Å². The Bertz CT molecular complexity index is 1510. The number of sulfonamides is 1. The van der Waals surface area contributed by atoms with Crippen molar-refractivity contribution in [3.63, 3.8) is 0 Å². The first-order valence-electron chi connectivity index (χ1n) is 10.2. The minimum Gasteiger partial charge on any atom is -0.507 e. The fraction of sp³-hybridized carbons (Fsp3) is 0.0370. The van der Waals surface area contributed by atoms with Crippen LogP contribution in [0, 0.1) is 24.7 Å². The summed E-state index contributed by atoms with van der Waals surface area (Å²) in [6, 6.07) is 26.5. The maximum absolute atomic E-state index is 14.1. The van der Waals surface area contributed by atoms with Gasteiger partial charge in [0.05, 0.1) is 10.6 Å². The van der Waals surface area contributed by atoms with Gasteiger partial charge >= 0.3 is 0 Å². The molecular weight excluding hydrogens is 517 g/mol. The first kappa shape index (κ1) is 23.6. The Hall–Kier alpha value is -3.60. The number of benzene rings is 4. The third-order valence-electron chi connectivity index (χ3n) is 5.09. The SMILES string of the molecule is Cc1ccc(N(C#Cc2ccc(F)cc2-c2ccccc2O)S(=O)(=O)c2ccc(Br)cc2)cc1. The van der Waals surface area contributed by atoms with E-state index in [1.807, 2.05) is 6.92 Å². The number of phenolic OH excluding ortho intramolecular Hbond substituents is 1. The highest BCUT2D eigenvalue weighted by molar-refractivity contribution is 9.10. The maximum Gasteiger partial charge on any atom is 0.275 e. The van der Waals surface area contributed by atoms with Crippen LogP contribution in [0.5, 0.6) is 5.75 Å². The van der Waals surface area contributed by atoms with Crippen LogP contribution in [0.25, 0.3) is 11.1 Å². The Balaban J connectivity index is 1.87. The predicted molar refractivity (Wildman–Crippen MR) is 135 cm³/mol. The molecular formula is C27H19BrFNO3S. The van der Waals surface area contributed by atoms with Crippen molar-refractivity contribution in [2.75, 3.05) is 4.31 Å². The van der Waals surface area contributed by atoms with Gasteiger partial charge in [-0.15, -0.1) is 0 Å². The quantitative estimate of drug-likeness (QED) is 0.240. The third-order valence-corrected chi connectivity index (χ3v) is 7.27. The molecule has 170 valence electrons. The smallest absolute Gasteiger partial charge is 0.275 e. The van der Waals surface area contributed by atoms with Gasteiger partial charge in [0, 0.05) is 27.2 Å². The van der Waals surface area contributed by atoms with Crippen molar-refractivity contribution in [2.45, 2.75) is 11.8 Å². The summed E-state index contributed by atoms with van der Waals surface area (Å²) in [5.74, 6) is 2.34. The van der Waals surface area contributed by atoms with Gasteiger partial charge in [-0.1, -0.05) is 51.8 Å². The van der Waals surface area contributed by atoms with Gasteiger partial charge in [-0.25, -0.2) is 12.8 Å². The Morgan fingerprint density at radius 2 is 1.56 bits per heavy atom. The van der Waals surface area contributed by atoms with Crippen LogP contribution < -0.4 is 4.31 Å². The standard InChI is InChI=1S/C27H19BrFNO3S/c1-19-6-12-23(13-7-19)30(34(32,33)24-14-9-21(28)10-15-24)17-16-20-8-11-22(29)18-26(20)25-4-2-3-5-27(25)31/h2-15,18,31H,1H3. The molecule has 0 saturated heterocycles. The van der Waals surface area contributed by atoms with Crippen molar-refractivity contribution < 1.29 is 17.9 Å². The second-order valence-corrected chi connectivity index (χ2v) is 10.2. The summed E-state index contributed by atoms with van der Waals surface area (Å²) in [6.07, 6.45) is 0. The largest absolute Gasteiger partial charge is 0.507 e. The van der Waals surface area contributed by atoms with Gasteiger partial charge in [-0.2, -0.15) is 4.31 Å². The predicted octanol–water partition coefficient (Wildman–Crippen LogP) is 6.47. The zero-order chi connectivity index (χ0) is 24.3. The number of anilines is 1. The monoisotopic (exact) mass is 535 g/mol. The molecule has 0 atom stereocenters. The van der Waals surface area contributed by atoms with Gasteiger partial charge in [0.2, 0.25) is 0 Å². The summed E-state index contributed by atoms with van der Waals surface area (Å²) < 4.78 is 42.9. The molecule has 4 aromatic carbocycles. The number of hydrogen-bond acceptors (Lipinski definition) is 3. The van der Waals surface area contributed by atoms with E-state index in [9.17, 15) is 17.9 Å². The van der Waals surface area contributed by atoms with Crippen molar-refractivity contribution in [3.8, 4) is 28.8 Å². The van der Waals surface area contributed by atoms with Crippen molar-refractivity contribution in [2.24, 2.45) is 0 Å². The molecule has 0 aliphatic rings. The van der Waals surface area contributed by atoms with Crippen LogP contribution in [-0.4, -0.2) is 13.5 Å². The lowest BCUT2D eigenvalue weighted by atomic mass is 9.99. The summed E-state index contributed by atoms with van der Waals surface area (Å²) in [5.41, 5.74) is 2.45. The molecule has 4 aromatic rings. The molecule has 0 spiro atoms. The molecule has 0 aromatic heterocycles. The molecule has 0 radical (unpaired) electrons. The van der Waals surface area contributed by atoms with E-state index in [4.69, 9.17) is 0 Å². The van der Waals surface area contributed by atoms with E-state index in [-0.39, 0.29) is 10.6 Å². The number of aryl methyl sites for hydroxylation is 1. The van der Waals surface area contributed by atoms with Gasteiger partial charge in [-0.3, -0.25) is 0 Å². The lowest BCUT2D eigenvalue weighted by Crippen LogP contribution is -2.26. The molecule has 1 N–H and O–H groups in total. The number of hydrogen-bond donors (Lipinski definition) is 1. The Kier molecular flexibility index (Phi) is 6.73. The average molecular weight is 536 g/mol. The van der Waals surface area contributed by atoms with Crippen LogP contribution in [0.15, 0.2) is 100 Å². The van der Waals surface area contributed by atoms with E-state index in [1.165, 1.54) is 36.4 Å². The lowest BCUT2D eigenvalue weighted by molar-refractivity contribution is 0.477. The van der Waals surface area contributed by atoms with Gasteiger partial charge in [0.25, 0.3) is 10.0 Å². The van der Waals surface area contributed by atoms with Crippen molar-refractivity contribution in [3.05, 3.63) is 112 Å². The first-order valence-corrected chi connectivity index (χ1v) is 12.5. The number of rotatable bonds is 4. The fourth-order valence-electron chi connectivity index (χ4n) is 3.32. The van der Waals surface area contributed by atoms with Crippen molar-refractivity contribution in [1.29, 1.82) is 0 Å². The number of nitrogens with zero attached hydrogens (tertiary/aromatic N) is 1. The van der Waals surface area contributed by atoms with Crippen LogP contribution in [-0.2, 0) is 10.0 Å². The molecule has 0 bridgehead atoms. The summed E-state index contributed by atoms with van der Waals surface area (Å²) in [6.45, 7) is 1.90. The van der Waals surface area contributed by atoms with E-state index < -0.39 is 15.8 Å². The minimum atomic E-state index is -4.03. The van der Waals surface area contributed by atoms with Crippen LogP contribution >= 0.6 is 15.9 Å². The zero-order valence-corrected chi connectivity index (χ0v) is 20.4. The summed E-state index contributed by atoms with van der Waals surface area (Å²) >= 11 is 3.32. The Labute approximate surface area is 206 Å². The third kappa shape index (κ3) is 4.98. The van der Waals surface area contributed by atoms with Crippen molar-refractivity contribution in [1.82, 2.24) is 0 Å². The molecule has 0 unspecified atom stereocenters. The Morgan fingerprint density at radius 3 is 2.24 bits per heavy atom. The number of halogens is 2. The number of aromatic hydroxyl groups is 1. The molecule has 4 rings (SSSR count). The number of para-hydroxylation sites is 1. The molecule has 0 saturated carbocycles. The molecule has 34 heavy (non-hydrogen) atoms. The summed E-state index contributed by atoms with van der Waals surface area (Å²) in [7, 11) is -4.03. The van der Waals surface area contributed by atoms with Gasteiger partial charge in [-0.05, 0) is 73.5 Å². The average Bonchev–Trinajstić information content (AvgIpc) is 2.81. The molecule has 0 aliphatic heterocycles.